The van der Waals surface area contributed by atoms with Gasteiger partial charge in [0.25, 0.3) is 0 Å². The number of nitrogen functional groups attached to an aromatic ring is 1. The molecule has 18 nitrogen and oxygen atoms in total. The number of amides is 2. The van der Waals surface area contributed by atoms with Gasteiger partial charge in [-0.1, -0.05) is 47.5 Å². The molecule has 2 aromatic heterocycles. The number of carbonyl (C=O) groups excluding carboxylic acids is 2. The molecule has 4 fully saturated rings. The molecule has 0 unspecified atom stereocenters. The third kappa shape index (κ3) is 16.5. The van der Waals surface area contributed by atoms with Crippen LogP contribution in [0.2, 0.25) is 15.3 Å². The highest BCUT2D eigenvalue weighted by Gasteiger charge is 2.54. The number of carbonyl (C=O) groups is 2. The van der Waals surface area contributed by atoms with Crippen molar-refractivity contribution in [3.05, 3.63) is 124 Å². The highest BCUT2D eigenvalue weighted by Crippen LogP contribution is 2.52. The van der Waals surface area contributed by atoms with Crippen molar-refractivity contribution in [2.75, 3.05) is 84.3 Å². The number of rotatable bonds is 12. The number of para-hydroxylation sites is 2. The first-order chi connectivity index (χ1) is 38.7. The van der Waals surface area contributed by atoms with Crippen LogP contribution in [0.25, 0.3) is 0 Å². The van der Waals surface area contributed by atoms with Gasteiger partial charge in [-0.25, -0.2) is 19.6 Å². The molecular formula is C60H77Cl3N12O6P2. The second-order valence-electron chi connectivity index (χ2n) is 25.1. The van der Waals surface area contributed by atoms with Gasteiger partial charge in [-0.2, -0.15) is 9.97 Å². The van der Waals surface area contributed by atoms with Gasteiger partial charge < -0.3 is 60.7 Å². The summed E-state index contributed by atoms with van der Waals surface area (Å²) in [4.78, 5) is 45.4. The van der Waals surface area contributed by atoms with Gasteiger partial charge in [0.1, 0.15) is 35.5 Å². The van der Waals surface area contributed by atoms with Crippen LogP contribution in [0.1, 0.15) is 78.4 Å². The molecule has 2 aliphatic carbocycles. The second kappa shape index (κ2) is 24.7. The third-order valence-electron chi connectivity index (χ3n) is 14.6. The maximum Gasteiger partial charge on any atom is 0.407 e. The molecule has 4 aliphatic rings. The molecule has 2 aliphatic heterocycles. The lowest BCUT2D eigenvalue weighted by molar-refractivity contribution is 0.0204. The Balaban J connectivity index is 0.000000180. The monoisotopic (exact) mass is 1230 g/mol. The van der Waals surface area contributed by atoms with Crippen LogP contribution in [0.3, 0.4) is 0 Å². The molecule has 0 atom stereocenters. The van der Waals surface area contributed by atoms with Gasteiger partial charge in [0.15, 0.2) is 11.6 Å². The molecule has 4 heterocycles. The van der Waals surface area contributed by atoms with Crippen molar-refractivity contribution >= 4 is 124 Å². The largest absolute Gasteiger partial charge is 0.444 e. The van der Waals surface area contributed by atoms with Gasteiger partial charge in [0, 0.05) is 82.5 Å². The highest BCUT2D eigenvalue weighted by atomic mass is 35.5. The molecule has 2 spiro atoms. The zero-order valence-corrected chi connectivity index (χ0v) is 53.3. The predicted octanol–water partition coefficient (Wildman–Crippen LogP) is 13.5. The first-order valence-electron chi connectivity index (χ1n) is 27.5. The van der Waals surface area contributed by atoms with Gasteiger partial charge in [-0.3, -0.25) is 0 Å². The van der Waals surface area contributed by atoms with Crippen molar-refractivity contribution in [1.82, 2.24) is 30.6 Å². The van der Waals surface area contributed by atoms with Crippen LogP contribution < -0.4 is 52.7 Å². The zero-order chi connectivity index (χ0) is 60.5. The Morgan fingerprint density at radius 2 is 1.02 bits per heavy atom. The number of anilines is 9. The van der Waals surface area contributed by atoms with E-state index >= 15 is 0 Å². The molecule has 2 saturated carbocycles. The van der Waals surface area contributed by atoms with Gasteiger partial charge in [-0.15, -0.1) is 0 Å². The number of benzene rings is 4. The molecule has 6 aromatic rings. The van der Waals surface area contributed by atoms with Crippen LogP contribution in [0.15, 0.2) is 97.3 Å². The number of aryl methyl sites for hydroxylation is 2. The summed E-state index contributed by atoms with van der Waals surface area (Å²) in [6, 6.07) is 27.5. The van der Waals surface area contributed by atoms with Gasteiger partial charge in [0.05, 0.1) is 23.8 Å². The van der Waals surface area contributed by atoms with Gasteiger partial charge >= 0.3 is 12.2 Å². The minimum Gasteiger partial charge on any atom is -0.444 e. The number of ether oxygens (including phenoxy) is 2. The van der Waals surface area contributed by atoms with E-state index in [1.54, 1.807) is 32.9 Å². The quantitative estimate of drug-likeness (QED) is 0.0380. The van der Waals surface area contributed by atoms with E-state index in [4.69, 9.17) is 50.0 Å². The minimum atomic E-state index is -2.50. The lowest BCUT2D eigenvalue weighted by Crippen LogP contribution is -2.67. The molecule has 2 amide bonds. The molecule has 0 radical (unpaired) electrons. The van der Waals surface area contributed by atoms with Crippen LogP contribution in [-0.2, 0) is 18.6 Å². The summed E-state index contributed by atoms with van der Waals surface area (Å²) in [6.07, 6.45) is 6.35. The van der Waals surface area contributed by atoms with Crippen molar-refractivity contribution < 1.29 is 28.2 Å². The van der Waals surface area contributed by atoms with Crippen LogP contribution in [0.5, 0.6) is 0 Å². The van der Waals surface area contributed by atoms with Crippen molar-refractivity contribution in [3.8, 4) is 0 Å². The summed E-state index contributed by atoms with van der Waals surface area (Å²) in [5.41, 5.74) is 13.5. The first kappa shape index (κ1) is 62.7. The van der Waals surface area contributed by atoms with Gasteiger partial charge in [0.2, 0.25) is 11.2 Å². The highest BCUT2D eigenvalue weighted by molar-refractivity contribution is 7.70. The summed E-state index contributed by atoms with van der Waals surface area (Å²) in [5.74, 6) is 1.23. The van der Waals surface area contributed by atoms with Crippen molar-refractivity contribution in [3.63, 3.8) is 0 Å². The Morgan fingerprint density at radius 3 is 1.46 bits per heavy atom. The summed E-state index contributed by atoms with van der Waals surface area (Å²) < 4.78 is 35.7. The summed E-state index contributed by atoms with van der Waals surface area (Å²) >= 11 is 18.1. The lowest BCUT2D eigenvalue weighted by atomic mass is 9.60. The first-order valence-corrected chi connectivity index (χ1v) is 33.8. The van der Waals surface area contributed by atoms with E-state index in [2.05, 4.69) is 88.4 Å². The number of nitrogens with zero attached hydrogens (tertiary/aromatic N) is 6. The number of alkyl carbamates (subject to hydrolysis) is 2. The third-order valence-corrected chi connectivity index (χ3v) is 18.4. The molecule has 2 saturated heterocycles. The Bertz CT molecular complexity index is 3450. The van der Waals surface area contributed by atoms with E-state index in [1.165, 1.54) is 23.1 Å². The maximum atomic E-state index is 12.8. The number of aromatic nitrogens is 4. The number of halogens is 3. The molecule has 4 aromatic carbocycles. The van der Waals surface area contributed by atoms with Crippen molar-refractivity contribution in [1.29, 1.82) is 0 Å². The van der Waals surface area contributed by atoms with Gasteiger partial charge in [-0.05, 0) is 191 Å². The molecule has 7 N–H and O–H groups in total. The van der Waals surface area contributed by atoms with Crippen LogP contribution >= 0.6 is 49.1 Å². The molecular weight excluding hydrogens is 1150 g/mol. The van der Waals surface area contributed by atoms with E-state index in [-0.39, 0.29) is 35.0 Å². The zero-order valence-electron chi connectivity index (χ0n) is 49.3. The summed E-state index contributed by atoms with van der Waals surface area (Å²) in [6.45, 7) is 26.4. The van der Waals surface area contributed by atoms with Crippen LogP contribution in [0.4, 0.5) is 61.3 Å². The molecule has 83 heavy (non-hydrogen) atoms. The fourth-order valence-electron chi connectivity index (χ4n) is 11.1. The molecule has 23 heteroatoms. The van der Waals surface area contributed by atoms with E-state index < -0.39 is 25.5 Å². The lowest BCUT2D eigenvalue weighted by Gasteiger charge is -2.60. The number of nitrogens with two attached hydrogens (primary N) is 1. The van der Waals surface area contributed by atoms with E-state index in [1.807, 2.05) is 108 Å². The molecule has 444 valence electrons. The van der Waals surface area contributed by atoms with E-state index in [9.17, 15) is 18.7 Å². The number of hydrogen-bond acceptors (Lipinski definition) is 16. The Labute approximate surface area is 502 Å². The topological polar surface area (TPSA) is 231 Å². The Hall–Kier alpha value is -6.29. The maximum absolute atomic E-state index is 12.8. The van der Waals surface area contributed by atoms with E-state index in [0.717, 1.165) is 79.4 Å². The predicted molar refractivity (Wildman–Crippen MR) is 341 cm³/mol. The second-order valence-corrected chi connectivity index (χ2v) is 32.6. The number of hydrogen-bond donors (Lipinski definition) is 6. The van der Waals surface area contributed by atoms with Crippen LogP contribution in [-0.4, -0.2) is 108 Å². The normalized spacial score (nSPS) is 16.3. The fourth-order valence-corrected chi connectivity index (χ4v) is 13.8. The smallest absolute Gasteiger partial charge is 0.407 e. The minimum absolute atomic E-state index is 0.0977. The standard InChI is InChI=1S/C30H38ClN6O3P.C18H27N3O2.C12H12Cl2N3OP/c1-19-13-20(11-12-24(19)37-17-30(18-37)14-21(15-30)34-28(38)40-29(2,3)4)33-27-32-16-22(31)26(36-27)35-23-9-7-8-10-25(23)41(5,6)39;1-12-7-13(19)5-6-15(12)21-10-18(11-21)8-14(9-18)20-16(22)23-17(2,3)4;1-19(2,18)10-6-4-3-5-9(10)16-11-8(13)7-15-12(14)17-11/h7-13,16,21H,14-15,17-18H2,1-6H3,(H,34,38)(H2,32,33,35,36);5-7,14H,8-11,19H2,1-4H3,(H,20,22);3-7H,1-2H3,(H,15,16,17). The number of nitrogens with one attached hydrogen (secondary N) is 5. The summed E-state index contributed by atoms with van der Waals surface area (Å²) in [5, 5.41) is 17.8. The SMILES string of the molecule is CP(C)(=O)c1ccccc1Nc1nc(Cl)ncc1Cl.Cc1cc(N)ccc1N1CC2(CC(NC(=O)OC(C)(C)C)C2)C1.Cc1cc(Nc2ncc(Cl)c(Nc3ccccc3P(C)(C)=O)n2)ccc1N1CC2(CC(NC(=O)OC(C)(C)C)C2)C1. The van der Waals surface area contributed by atoms with Crippen molar-refractivity contribution in [2.45, 2.75) is 104 Å². The van der Waals surface area contributed by atoms with Crippen LogP contribution in [0, 0.1) is 24.7 Å². The average Bonchev–Trinajstić information content (AvgIpc) is 3.34. The summed E-state index contributed by atoms with van der Waals surface area (Å²) in [7, 11) is -4.91. The van der Waals surface area contributed by atoms with Crippen molar-refractivity contribution in [2.24, 2.45) is 10.8 Å². The molecule has 10 rings (SSSR count). The van der Waals surface area contributed by atoms with E-state index in [0.29, 0.717) is 44.4 Å². The Kier molecular flexibility index (Phi) is 18.7. The molecule has 0 bridgehead atoms. The average molecular weight is 1230 g/mol. The Morgan fingerprint density at radius 1 is 0.602 bits per heavy atom. The fraction of sp³-hybridized carbons (Fsp3) is 0.433.